The van der Waals surface area contributed by atoms with Crippen LogP contribution in [0.1, 0.15) is 10.4 Å². The van der Waals surface area contributed by atoms with E-state index in [4.69, 9.17) is 23.2 Å². The number of rotatable bonds is 9. The van der Waals surface area contributed by atoms with Crippen LogP contribution in [0.2, 0.25) is 10.0 Å². The van der Waals surface area contributed by atoms with E-state index in [0.29, 0.717) is 0 Å². The van der Waals surface area contributed by atoms with Gasteiger partial charge in [-0.05, 0) is 36.4 Å². The van der Waals surface area contributed by atoms with E-state index in [1.165, 1.54) is 36.4 Å². The monoisotopic (exact) mass is 517 g/mol. The minimum absolute atomic E-state index is 0.0133. The summed E-state index contributed by atoms with van der Waals surface area (Å²) >= 11 is 12.4. The SMILES string of the molecule is C=CCNC(=O)c1ccccc1NC(=O)CN(c1cccc(Cl)c1Cl)S(=O)(=O)c1ccccc1. The number of para-hydroxylation sites is 1. The summed E-state index contributed by atoms with van der Waals surface area (Å²) in [6.07, 6.45) is 1.53. The lowest BCUT2D eigenvalue weighted by atomic mass is 10.1. The van der Waals surface area contributed by atoms with Gasteiger partial charge in [0.1, 0.15) is 6.54 Å². The smallest absolute Gasteiger partial charge is 0.264 e. The van der Waals surface area contributed by atoms with E-state index in [1.807, 2.05) is 0 Å². The fourth-order valence-corrected chi connectivity index (χ4v) is 4.98. The average molecular weight is 518 g/mol. The molecule has 0 bridgehead atoms. The zero-order valence-corrected chi connectivity index (χ0v) is 20.2. The van der Waals surface area contributed by atoms with Crippen molar-refractivity contribution in [3.8, 4) is 0 Å². The molecule has 10 heteroatoms. The number of carbonyl (C=O) groups excluding carboxylic acids is 2. The second kappa shape index (κ2) is 11.2. The topological polar surface area (TPSA) is 95.6 Å². The van der Waals surface area contributed by atoms with Crippen LogP contribution in [0.4, 0.5) is 11.4 Å². The van der Waals surface area contributed by atoms with Crippen LogP contribution in [0.5, 0.6) is 0 Å². The molecule has 0 heterocycles. The molecular formula is C24H21Cl2N3O4S. The van der Waals surface area contributed by atoms with Crippen molar-refractivity contribution in [1.82, 2.24) is 5.32 Å². The van der Waals surface area contributed by atoms with Crippen LogP contribution in [0.25, 0.3) is 0 Å². The summed E-state index contributed by atoms with van der Waals surface area (Å²) in [6, 6.07) is 18.5. The Hall–Kier alpha value is -3.33. The Kier molecular flexibility index (Phi) is 8.33. The van der Waals surface area contributed by atoms with Crippen molar-refractivity contribution in [1.29, 1.82) is 0 Å². The van der Waals surface area contributed by atoms with Crippen LogP contribution >= 0.6 is 23.2 Å². The number of benzene rings is 3. The summed E-state index contributed by atoms with van der Waals surface area (Å²) in [7, 11) is -4.18. The van der Waals surface area contributed by atoms with Crippen molar-refractivity contribution in [2.24, 2.45) is 0 Å². The highest BCUT2D eigenvalue weighted by Gasteiger charge is 2.29. The summed E-state index contributed by atoms with van der Waals surface area (Å²) < 4.78 is 27.8. The molecule has 3 aromatic carbocycles. The van der Waals surface area contributed by atoms with E-state index in [1.54, 1.807) is 42.5 Å². The van der Waals surface area contributed by atoms with Gasteiger partial charge in [-0.3, -0.25) is 13.9 Å². The maximum atomic E-state index is 13.4. The van der Waals surface area contributed by atoms with Gasteiger partial charge in [-0.1, -0.05) is 65.7 Å². The van der Waals surface area contributed by atoms with Crippen LogP contribution in [0.3, 0.4) is 0 Å². The second-order valence-electron chi connectivity index (χ2n) is 6.99. The fourth-order valence-electron chi connectivity index (χ4n) is 3.07. The average Bonchev–Trinajstić information content (AvgIpc) is 2.84. The zero-order chi connectivity index (χ0) is 24.7. The number of sulfonamides is 1. The molecule has 0 saturated heterocycles. The number of halogens is 2. The molecule has 0 aliphatic rings. The molecule has 0 spiro atoms. The number of carbonyl (C=O) groups is 2. The largest absolute Gasteiger partial charge is 0.349 e. The standard InChI is InChI=1S/C24H21Cl2N3O4S/c1-2-15-27-24(31)18-11-6-7-13-20(18)28-22(30)16-29(21-14-8-12-19(25)23(21)26)34(32,33)17-9-4-3-5-10-17/h2-14H,1,15-16H2,(H,27,31)(H,28,30). The number of hydrogen-bond donors (Lipinski definition) is 2. The Labute approximate surface area is 208 Å². The number of anilines is 2. The highest BCUT2D eigenvalue weighted by molar-refractivity contribution is 7.92. The third kappa shape index (κ3) is 5.77. The summed E-state index contributed by atoms with van der Waals surface area (Å²) in [5.74, 6) is -1.10. The molecule has 34 heavy (non-hydrogen) atoms. The van der Waals surface area contributed by atoms with Crippen molar-refractivity contribution in [3.05, 3.63) is 101 Å². The fraction of sp³-hybridized carbons (Fsp3) is 0.0833. The third-order valence-electron chi connectivity index (χ3n) is 4.67. The Balaban J connectivity index is 1.96. The number of amides is 2. The van der Waals surface area contributed by atoms with Crippen LogP contribution < -0.4 is 14.9 Å². The van der Waals surface area contributed by atoms with E-state index in [9.17, 15) is 18.0 Å². The summed E-state index contributed by atoms with van der Waals surface area (Å²) in [4.78, 5) is 25.4. The van der Waals surface area contributed by atoms with Gasteiger partial charge in [-0.15, -0.1) is 6.58 Å². The first-order valence-electron chi connectivity index (χ1n) is 10.1. The predicted octanol–water partition coefficient (Wildman–Crippen LogP) is 4.74. The number of hydrogen-bond acceptors (Lipinski definition) is 4. The van der Waals surface area contributed by atoms with Crippen molar-refractivity contribution < 1.29 is 18.0 Å². The lowest BCUT2D eigenvalue weighted by molar-refractivity contribution is -0.114. The number of nitrogens with one attached hydrogen (secondary N) is 2. The molecule has 2 N–H and O–H groups in total. The zero-order valence-electron chi connectivity index (χ0n) is 17.9. The minimum atomic E-state index is -4.18. The molecule has 3 rings (SSSR count). The molecule has 0 aromatic heterocycles. The van der Waals surface area contributed by atoms with Crippen LogP contribution in [-0.4, -0.2) is 33.3 Å². The first kappa shape index (κ1) is 25.3. The van der Waals surface area contributed by atoms with E-state index in [0.717, 1.165) is 4.31 Å². The van der Waals surface area contributed by atoms with Crippen molar-refractivity contribution in [2.75, 3.05) is 22.7 Å². The molecule has 0 radical (unpaired) electrons. The number of nitrogens with zero attached hydrogens (tertiary/aromatic N) is 1. The Morgan fingerprint density at radius 2 is 1.62 bits per heavy atom. The van der Waals surface area contributed by atoms with Gasteiger partial charge in [0.25, 0.3) is 15.9 Å². The molecule has 2 amide bonds. The minimum Gasteiger partial charge on any atom is -0.349 e. The molecular weight excluding hydrogens is 497 g/mol. The van der Waals surface area contributed by atoms with E-state index >= 15 is 0 Å². The lowest BCUT2D eigenvalue weighted by Crippen LogP contribution is -2.38. The summed E-state index contributed by atoms with van der Waals surface area (Å²) in [5, 5.41) is 5.38. The van der Waals surface area contributed by atoms with Gasteiger partial charge in [-0.25, -0.2) is 8.42 Å². The van der Waals surface area contributed by atoms with Gasteiger partial charge in [0.05, 0.1) is 31.9 Å². The molecule has 0 atom stereocenters. The van der Waals surface area contributed by atoms with Gasteiger partial charge in [-0.2, -0.15) is 0 Å². The highest BCUT2D eigenvalue weighted by Crippen LogP contribution is 2.35. The molecule has 176 valence electrons. The first-order valence-corrected chi connectivity index (χ1v) is 12.2. The summed E-state index contributed by atoms with van der Waals surface area (Å²) in [6.45, 7) is 3.19. The van der Waals surface area contributed by atoms with Crippen molar-refractivity contribution in [3.63, 3.8) is 0 Å². The molecule has 0 unspecified atom stereocenters. The molecule has 0 aliphatic heterocycles. The molecule has 0 aliphatic carbocycles. The second-order valence-corrected chi connectivity index (χ2v) is 9.64. The maximum absolute atomic E-state index is 13.4. The third-order valence-corrected chi connectivity index (χ3v) is 7.25. The Bertz CT molecular complexity index is 1310. The van der Waals surface area contributed by atoms with Crippen molar-refractivity contribution >= 4 is 56.4 Å². The van der Waals surface area contributed by atoms with E-state index < -0.39 is 28.4 Å². The van der Waals surface area contributed by atoms with Crippen LogP contribution in [0.15, 0.2) is 90.3 Å². The van der Waals surface area contributed by atoms with Crippen LogP contribution in [0, 0.1) is 0 Å². The highest BCUT2D eigenvalue weighted by atomic mass is 35.5. The van der Waals surface area contributed by atoms with E-state index in [2.05, 4.69) is 17.2 Å². The predicted molar refractivity (Wildman–Crippen MR) is 135 cm³/mol. The lowest BCUT2D eigenvalue weighted by Gasteiger charge is -2.25. The normalized spacial score (nSPS) is 10.9. The van der Waals surface area contributed by atoms with Gasteiger partial charge in [0.15, 0.2) is 0 Å². The van der Waals surface area contributed by atoms with Gasteiger partial charge >= 0.3 is 0 Å². The van der Waals surface area contributed by atoms with Gasteiger partial charge < -0.3 is 10.6 Å². The van der Waals surface area contributed by atoms with Crippen molar-refractivity contribution in [2.45, 2.75) is 4.90 Å². The maximum Gasteiger partial charge on any atom is 0.264 e. The molecule has 0 saturated carbocycles. The van der Waals surface area contributed by atoms with Gasteiger partial charge in [0, 0.05) is 6.54 Å². The Morgan fingerprint density at radius 3 is 2.32 bits per heavy atom. The summed E-state index contributed by atoms with van der Waals surface area (Å²) in [5.41, 5.74) is 0.490. The molecule has 3 aromatic rings. The van der Waals surface area contributed by atoms with Crippen LogP contribution in [-0.2, 0) is 14.8 Å². The molecule has 0 fully saturated rings. The first-order chi connectivity index (χ1) is 16.3. The Morgan fingerprint density at radius 1 is 0.941 bits per heavy atom. The quantitative estimate of drug-likeness (QED) is 0.400. The molecule has 7 nitrogen and oxygen atoms in total. The van der Waals surface area contributed by atoms with E-state index in [-0.39, 0.29) is 38.4 Å². The van der Waals surface area contributed by atoms with Gasteiger partial charge in [0.2, 0.25) is 5.91 Å².